The Labute approximate surface area is 99.5 Å². The first kappa shape index (κ1) is 11.6. The molecule has 1 unspecified atom stereocenters. The molecule has 0 heterocycles. The molecule has 0 saturated carbocycles. The number of rotatable bonds is 2. The molecular formula is C14H14FNO. The van der Waals surface area contributed by atoms with Crippen LogP contribution in [0.15, 0.2) is 42.5 Å². The van der Waals surface area contributed by atoms with Gasteiger partial charge in [0.05, 0.1) is 0 Å². The number of nitrogens with two attached hydrogens (primary N) is 1. The van der Waals surface area contributed by atoms with Crippen LogP contribution in [0.2, 0.25) is 0 Å². The van der Waals surface area contributed by atoms with E-state index in [1.165, 1.54) is 6.07 Å². The average molecular weight is 231 g/mol. The zero-order chi connectivity index (χ0) is 12.4. The highest BCUT2D eigenvalue weighted by Crippen LogP contribution is 2.26. The van der Waals surface area contributed by atoms with Crippen LogP contribution in [-0.2, 0) is 0 Å². The highest BCUT2D eigenvalue weighted by atomic mass is 19.1. The smallest absolute Gasteiger partial charge is 0.128 e. The largest absolute Gasteiger partial charge is 0.508 e. The molecule has 17 heavy (non-hydrogen) atoms. The zero-order valence-electron chi connectivity index (χ0n) is 9.52. The maximum absolute atomic E-state index is 13.5. The molecule has 88 valence electrons. The molecule has 0 aromatic heterocycles. The van der Waals surface area contributed by atoms with E-state index in [2.05, 4.69) is 0 Å². The highest BCUT2D eigenvalue weighted by molar-refractivity contribution is 5.65. The number of halogens is 1. The van der Waals surface area contributed by atoms with E-state index in [9.17, 15) is 9.50 Å². The predicted molar refractivity (Wildman–Crippen MR) is 66.1 cm³/mol. The number of aromatic hydroxyl groups is 1. The van der Waals surface area contributed by atoms with Gasteiger partial charge in [0.1, 0.15) is 11.6 Å². The van der Waals surface area contributed by atoms with Crippen molar-refractivity contribution in [3.8, 4) is 16.9 Å². The number of benzene rings is 2. The minimum atomic E-state index is -0.354. The van der Waals surface area contributed by atoms with Gasteiger partial charge in [0.25, 0.3) is 0 Å². The summed E-state index contributed by atoms with van der Waals surface area (Å²) in [6, 6.07) is 11.3. The lowest BCUT2D eigenvalue weighted by molar-refractivity contribution is 0.475. The Kier molecular flexibility index (Phi) is 3.11. The molecule has 0 radical (unpaired) electrons. The number of hydrogen-bond acceptors (Lipinski definition) is 2. The number of hydrogen-bond donors (Lipinski definition) is 2. The van der Waals surface area contributed by atoms with Crippen LogP contribution >= 0.6 is 0 Å². The van der Waals surface area contributed by atoms with Crippen LogP contribution in [0, 0.1) is 5.82 Å². The van der Waals surface area contributed by atoms with Crippen molar-refractivity contribution < 1.29 is 9.50 Å². The Morgan fingerprint density at radius 2 is 1.82 bits per heavy atom. The molecule has 0 spiro atoms. The molecule has 3 heteroatoms. The van der Waals surface area contributed by atoms with Gasteiger partial charge in [0.15, 0.2) is 0 Å². The van der Waals surface area contributed by atoms with Crippen molar-refractivity contribution in [1.29, 1.82) is 0 Å². The van der Waals surface area contributed by atoms with Crippen LogP contribution in [-0.4, -0.2) is 5.11 Å². The SMILES string of the molecule is CC(N)c1cc(-c2cccc(O)c2)ccc1F. The Morgan fingerprint density at radius 1 is 1.12 bits per heavy atom. The van der Waals surface area contributed by atoms with Crippen LogP contribution in [0.4, 0.5) is 4.39 Å². The Hall–Kier alpha value is -1.87. The van der Waals surface area contributed by atoms with Crippen molar-refractivity contribution in [3.63, 3.8) is 0 Å². The van der Waals surface area contributed by atoms with Gasteiger partial charge < -0.3 is 10.8 Å². The summed E-state index contributed by atoms with van der Waals surface area (Å²) in [4.78, 5) is 0. The van der Waals surface area contributed by atoms with Crippen molar-refractivity contribution in [2.75, 3.05) is 0 Å². The van der Waals surface area contributed by atoms with E-state index in [4.69, 9.17) is 5.73 Å². The molecule has 3 N–H and O–H groups in total. The summed E-state index contributed by atoms with van der Waals surface area (Å²) < 4.78 is 13.5. The molecule has 2 rings (SSSR count). The van der Waals surface area contributed by atoms with Gasteiger partial charge in [-0.25, -0.2) is 4.39 Å². The summed E-state index contributed by atoms with van der Waals surface area (Å²) in [6.07, 6.45) is 0. The summed E-state index contributed by atoms with van der Waals surface area (Å²) >= 11 is 0. The van der Waals surface area contributed by atoms with E-state index >= 15 is 0 Å². The molecular weight excluding hydrogens is 217 g/mol. The van der Waals surface area contributed by atoms with E-state index < -0.39 is 0 Å². The summed E-state index contributed by atoms with van der Waals surface area (Å²) in [5, 5.41) is 9.41. The lowest BCUT2D eigenvalue weighted by atomic mass is 10.00. The second-order valence-corrected chi connectivity index (χ2v) is 4.08. The van der Waals surface area contributed by atoms with Crippen LogP contribution in [0.3, 0.4) is 0 Å². The van der Waals surface area contributed by atoms with Crippen LogP contribution in [0.25, 0.3) is 11.1 Å². The maximum atomic E-state index is 13.5. The molecule has 0 fully saturated rings. The Balaban J connectivity index is 2.50. The second kappa shape index (κ2) is 4.55. The third kappa shape index (κ3) is 2.45. The van der Waals surface area contributed by atoms with Crippen molar-refractivity contribution in [2.45, 2.75) is 13.0 Å². The summed E-state index contributed by atoms with van der Waals surface area (Å²) in [5.74, 6) is -0.113. The van der Waals surface area contributed by atoms with E-state index in [0.717, 1.165) is 11.1 Å². The van der Waals surface area contributed by atoms with Gasteiger partial charge in [-0.05, 0) is 42.3 Å². The summed E-state index contributed by atoms with van der Waals surface area (Å²) in [5.41, 5.74) is 7.86. The number of phenolic OH excluding ortho intramolecular Hbond substituents is 1. The lowest BCUT2D eigenvalue weighted by Gasteiger charge is -2.10. The van der Waals surface area contributed by atoms with Crippen LogP contribution < -0.4 is 5.73 Å². The molecule has 2 nitrogen and oxygen atoms in total. The first-order valence-corrected chi connectivity index (χ1v) is 5.42. The standard InChI is InChI=1S/C14H14FNO/c1-9(16)13-8-11(5-6-14(13)15)10-3-2-4-12(17)7-10/h2-9,17H,16H2,1H3. The average Bonchev–Trinajstić information content (AvgIpc) is 2.29. The molecule has 2 aromatic rings. The quantitative estimate of drug-likeness (QED) is 0.833. The van der Waals surface area contributed by atoms with E-state index in [1.807, 2.05) is 6.07 Å². The van der Waals surface area contributed by atoms with Crippen LogP contribution in [0.5, 0.6) is 5.75 Å². The van der Waals surface area contributed by atoms with Gasteiger partial charge in [0.2, 0.25) is 0 Å². The van der Waals surface area contributed by atoms with Crippen LogP contribution in [0.1, 0.15) is 18.5 Å². The third-order valence-corrected chi connectivity index (χ3v) is 2.67. The van der Waals surface area contributed by atoms with Crippen molar-refractivity contribution >= 4 is 0 Å². The first-order chi connectivity index (χ1) is 8.08. The van der Waals surface area contributed by atoms with Gasteiger partial charge >= 0.3 is 0 Å². The zero-order valence-corrected chi connectivity index (χ0v) is 9.52. The summed E-state index contributed by atoms with van der Waals surface area (Å²) in [6.45, 7) is 1.74. The maximum Gasteiger partial charge on any atom is 0.128 e. The first-order valence-electron chi connectivity index (χ1n) is 5.42. The van der Waals surface area contributed by atoms with Crippen molar-refractivity contribution in [3.05, 3.63) is 53.8 Å². The second-order valence-electron chi connectivity index (χ2n) is 4.08. The predicted octanol–water partition coefficient (Wildman–Crippen LogP) is 3.22. The highest BCUT2D eigenvalue weighted by Gasteiger charge is 2.08. The topological polar surface area (TPSA) is 46.2 Å². The molecule has 0 bridgehead atoms. The van der Waals surface area contributed by atoms with Crippen molar-refractivity contribution in [2.24, 2.45) is 5.73 Å². The monoisotopic (exact) mass is 231 g/mol. The summed E-state index contributed by atoms with van der Waals surface area (Å²) in [7, 11) is 0. The van der Waals surface area contributed by atoms with E-state index in [1.54, 1.807) is 37.3 Å². The number of phenols is 1. The Morgan fingerprint density at radius 3 is 2.47 bits per heavy atom. The minimum absolute atomic E-state index is 0.189. The fourth-order valence-electron chi connectivity index (χ4n) is 1.76. The van der Waals surface area contributed by atoms with Gasteiger partial charge in [-0.2, -0.15) is 0 Å². The Bertz CT molecular complexity index is 537. The fourth-order valence-corrected chi connectivity index (χ4v) is 1.76. The normalized spacial score (nSPS) is 12.4. The van der Waals surface area contributed by atoms with Gasteiger partial charge in [-0.3, -0.25) is 0 Å². The lowest BCUT2D eigenvalue weighted by Crippen LogP contribution is -2.07. The molecule has 2 aromatic carbocycles. The van der Waals surface area contributed by atoms with Gasteiger partial charge in [-0.15, -0.1) is 0 Å². The molecule has 0 amide bonds. The third-order valence-electron chi connectivity index (χ3n) is 2.67. The van der Waals surface area contributed by atoms with Crippen molar-refractivity contribution in [1.82, 2.24) is 0 Å². The van der Waals surface area contributed by atoms with Gasteiger partial charge in [-0.1, -0.05) is 18.2 Å². The fraction of sp³-hybridized carbons (Fsp3) is 0.143. The molecule has 0 aliphatic rings. The van der Waals surface area contributed by atoms with E-state index in [0.29, 0.717) is 5.56 Å². The molecule has 1 atom stereocenters. The molecule has 0 saturated heterocycles. The minimum Gasteiger partial charge on any atom is -0.508 e. The van der Waals surface area contributed by atoms with E-state index in [-0.39, 0.29) is 17.6 Å². The molecule has 0 aliphatic heterocycles. The van der Waals surface area contributed by atoms with Gasteiger partial charge in [0, 0.05) is 11.6 Å². The molecule has 0 aliphatic carbocycles.